The van der Waals surface area contributed by atoms with E-state index in [0.717, 1.165) is 22.6 Å². The van der Waals surface area contributed by atoms with Crippen LogP contribution in [0.5, 0.6) is 5.75 Å². The van der Waals surface area contributed by atoms with Gasteiger partial charge < -0.3 is 24.2 Å². The minimum absolute atomic E-state index is 0.0343. The number of carbonyl (C=O) groups is 2. The molecule has 3 heterocycles. The van der Waals surface area contributed by atoms with Gasteiger partial charge in [0.25, 0.3) is 5.91 Å². The van der Waals surface area contributed by atoms with Gasteiger partial charge in [0.2, 0.25) is 0 Å². The van der Waals surface area contributed by atoms with Crippen molar-refractivity contribution in [3.05, 3.63) is 102 Å². The second-order valence-electron chi connectivity index (χ2n) is 14.0. The number of para-hydroxylation sites is 1. The topological polar surface area (TPSA) is 116 Å². The highest BCUT2D eigenvalue weighted by atomic mass is 28.3. The van der Waals surface area contributed by atoms with Crippen molar-refractivity contribution in [3.8, 4) is 5.75 Å². The Hall–Kier alpha value is -4.32. The quantitative estimate of drug-likeness (QED) is 0.106. The number of nitrogens with zero attached hydrogens (tertiary/aromatic N) is 4. The van der Waals surface area contributed by atoms with E-state index in [1.807, 2.05) is 82.5 Å². The first-order chi connectivity index (χ1) is 24.1. The molecule has 1 unspecified atom stereocenters. The molecule has 0 saturated carbocycles. The summed E-state index contributed by atoms with van der Waals surface area (Å²) in [4.78, 5) is 28.4. The highest BCUT2D eigenvalue weighted by Gasteiger charge is 2.66. The summed E-state index contributed by atoms with van der Waals surface area (Å²) in [6.07, 6.45) is 3.93. The van der Waals surface area contributed by atoms with E-state index in [9.17, 15) is 14.7 Å². The minimum atomic E-state index is -2.30. The number of fused-ring (bicyclic) bond motifs is 2. The normalized spacial score (nSPS) is 22.2. The average molecular weight is 697 g/mol. The molecular formula is C39H48N4O6Si. The van der Waals surface area contributed by atoms with E-state index in [1.54, 1.807) is 7.11 Å². The van der Waals surface area contributed by atoms with Gasteiger partial charge in [-0.15, -0.1) is 5.10 Å². The van der Waals surface area contributed by atoms with Crippen LogP contribution in [0.25, 0.3) is 0 Å². The van der Waals surface area contributed by atoms with Crippen molar-refractivity contribution in [2.45, 2.75) is 75.4 Å². The Morgan fingerprint density at radius 1 is 1.00 bits per heavy atom. The van der Waals surface area contributed by atoms with Gasteiger partial charge in [0.05, 0.1) is 52.3 Å². The van der Waals surface area contributed by atoms with Gasteiger partial charge in [0, 0.05) is 37.2 Å². The van der Waals surface area contributed by atoms with Gasteiger partial charge in [0.15, 0.2) is 5.60 Å². The lowest BCUT2D eigenvalue weighted by Crippen LogP contribution is -2.52. The number of aromatic nitrogens is 3. The zero-order valence-corrected chi connectivity index (χ0v) is 30.6. The van der Waals surface area contributed by atoms with Crippen LogP contribution in [-0.2, 0) is 31.2 Å². The van der Waals surface area contributed by atoms with Crippen molar-refractivity contribution in [2.75, 3.05) is 32.3 Å². The summed E-state index contributed by atoms with van der Waals surface area (Å²) in [5.74, 6) is 0.145. The minimum Gasteiger partial charge on any atom is -0.497 e. The molecule has 1 N–H and O–H groups in total. The second-order valence-corrected chi connectivity index (χ2v) is 18.7. The number of anilines is 1. The Kier molecular flexibility index (Phi) is 10.6. The number of benzene rings is 3. The molecule has 1 aromatic heterocycles. The average Bonchev–Trinajstić information content (AvgIpc) is 3.80. The van der Waals surface area contributed by atoms with E-state index in [2.05, 4.69) is 42.5 Å². The number of unbranched alkanes of at least 4 members (excludes halogenated alkanes) is 1. The first-order valence-electron chi connectivity index (χ1n) is 17.5. The van der Waals surface area contributed by atoms with Crippen molar-refractivity contribution in [2.24, 2.45) is 5.92 Å². The van der Waals surface area contributed by atoms with Gasteiger partial charge >= 0.3 is 5.97 Å². The van der Waals surface area contributed by atoms with Gasteiger partial charge in [0.1, 0.15) is 5.75 Å². The number of aliphatic hydroxyl groups is 1. The molecule has 2 aliphatic heterocycles. The van der Waals surface area contributed by atoms with Crippen LogP contribution >= 0.6 is 0 Å². The summed E-state index contributed by atoms with van der Waals surface area (Å²) in [7, 11) is 0.765. The van der Waals surface area contributed by atoms with Crippen molar-refractivity contribution >= 4 is 30.8 Å². The summed E-state index contributed by atoms with van der Waals surface area (Å²) in [5.41, 5.74) is 2.44. The smallest absolute Gasteiger partial charge is 0.305 e. The van der Waals surface area contributed by atoms with Gasteiger partial charge in [-0.3, -0.25) is 14.3 Å². The number of esters is 1. The fourth-order valence-corrected chi connectivity index (χ4v) is 12.4. The van der Waals surface area contributed by atoms with Crippen molar-refractivity contribution in [3.63, 3.8) is 0 Å². The molecule has 2 aliphatic rings. The van der Waals surface area contributed by atoms with Crippen LogP contribution in [0.4, 0.5) is 5.69 Å². The fraction of sp³-hybridized carbons (Fsp3) is 0.436. The predicted octanol–water partition coefficient (Wildman–Crippen LogP) is 5.41. The Balaban J connectivity index is 1.32. The first kappa shape index (κ1) is 35.5. The Bertz CT molecular complexity index is 1780. The van der Waals surface area contributed by atoms with E-state index in [1.165, 1.54) is 12.3 Å². The van der Waals surface area contributed by atoms with Crippen molar-refractivity contribution < 1.29 is 28.9 Å². The second kappa shape index (κ2) is 14.9. The maximum absolute atomic E-state index is 14.8. The monoisotopic (exact) mass is 696 g/mol. The van der Waals surface area contributed by atoms with E-state index >= 15 is 0 Å². The summed E-state index contributed by atoms with van der Waals surface area (Å²) in [6.45, 7) is 7.91. The van der Waals surface area contributed by atoms with Crippen LogP contribution in [0, 0.1) is 5.92 Å². The van der Waals surface area contributed by atoms with Gasteiger partial charge in [-0.2, -0.15) is 0 Å². The molecule has 6 rings (SSSR count). The third kappa shape index (κ3) is 6.49. The molecule has 3 aromatic carbocycles. The van der Waals surface area contributed by atoms with Crippen LogP contribution in [0.3, 0.4) is 0 Å². The molecule has 0 radical (unpaired) electrons. The van der Waals surface area contributed by atoms with Crippen LogP contribution in [-0.4, -0.2) is 73.5 Å². The largest absolute Gasteiger partial charge is 0.497 e. The van der Waals surface area contributed by atoms with Gasteiger partial charge in [-0.25, -0.2) is 0 Å². The molecule has 50 heavy (non-hydrogen) atoms. The SMILES string of the molecule is COC(=O)CCCCN1C(=O)[C@@]2(O[C@@H](CCn3cc(C(CO)c4ccccc4)nn3)[C@H]([Si](C)(C)c3ccc(OC)cc3)[C@H]2C)c2ccccc21. The summed E-state index contributed by atoms with van der Waals surface area (Å²) >= 11 is 0. The zero-order valence-electron chi connectivity index (χ0n) is 29.6. The van der Waals surface area contributed by atoms with Gasteiger partial charge in [-0.1, -0.05) is 91.1 Å². The summed E-state index contributed by atoms with van der Waals surface area (Å²) in [6, 6.07) is 26.2. The van der Waals surface area contributed by atoms with Crippen molar-refractivity contribution in [1.82, 2.24) is 15.0 Å². The number of carbonyl (C=O) groups excluding carboxylic acids is 2. The molecule has 5 atom stereocenters. The van der Waals surface area contributed by atoms with Crippen LogP contribution in [0.15, 0.2) is 85.1 Å². The number of hydrogen-bond donors (Lipinski definition) is 1. The Morgan fingerprint density at radius 2 is 1.72 bits per heavy atom. The molecule has 264 valence electrons. The molecule has 4 aromatic rings. The molecule has 1 amide bonds. The number of ether oxygens (including phenoxy) is 3. The third-order valence-electron chi connectivity index (χ3n) is 10.9. The molecule has 0 bridgehead atoms. The molecule has 0 aliphatic carbocycles. The summed E-state index contributed by atoms with van der Waals surface area (Å²) in [5, 5.41) is 20.4. The zero-order chi connectivity index (χ0) is 35.5. The highest BCUT2D eigenvalue weighted by molar-refractivity contribution is 6.91. The van der Waals surface area contributed by atoms with E-state index in [-0.39, 0.29) is 42.0 Å². The molecule has 1 fully saturated rings. The number of rotatable bonds is 14. The van der Waals surface area contributed by atoms with Gasteiger partial charge in [-0.05, 0) is 48.6 Å². The molecular weight excluding hydrogens is 649 g/mol. The third-order valence-corrected chi connectivity index (χ3v) is 15.3. The van der Waals surface area contributed by atoms with Crippen LogP contribution in [0.2, 0.25) is 18.6 Å². The Morgan fingerprint density at radius 3 is 2.42 bits per heavy atom. The lowest BCUT2D eigenvalue weighted by molar-refractivity contribution is -0.146. The highest BCUT2D eigenvalue weighted by Crippen LogP contribution is 2.60. The number of methoxy groups -OCH3 is 2. The maximum atomic E-state index is 14.8. The molecule has 1 saturated heterocycles. The standard InChI is InChI=1S/C39H48N4O6Si/c1-27-37(50(4,5)30-20-18-29(47-2)19-21-30)35(22-24-42-25-33(40-41-42)31(26-44)28-13-7-6-8-14-28)49-39(27)32-15-9-10-16-34(32)43(38(39)46)23-12-11-17-36(45)48-3/h6-10,13-16,18-21,25,27,31,35,37,44H,11-12,17,22-24,26H2,1-5H3/t27-,31?,35+,37-,39+/m1/s1. The van der Waals surface area contributed by atoms with E-state index < -0.39 is 13.7 Å². The van der Waals surface area contributed by atoms with Crippen LogP contribution in [0.1, 0.15) is 55.3 Å². The lowest BCUT2D eigenvalue weighted by Gasteiger charge is -2.37. The van der Waals surface area contributed by atoms with E-state index in [0.29, 0.717) is 44.5 Å². The Labute approximate surface area is 295 Å². The molecule has 10 nitrogen and oxygen atoms in total. The number of hydrogen-bond acceptors (Lipinski definition) is 8. The lowest BCUT2D eigenvalue weighted by atomic mass is 9.82. The van der Waals surface area contributed by atoms with Crippen molar-refractivity contribution in [1.29, 1.82) is 0 Å². The maximum Gasteiger partial charge on any atom is 0.305 e. The number of amides is 1. The predicted molar refractivity (Wildman–Crippen MR) is 194 cm³/mol. The van der Waals surface area contributed by atoms with E-state index in [4.69, 9.17) is 14.2 Å². The number of aryl methyl sites for hydroxylation is 1. The first-order valence-corrected chi connectivity index (χ1v) is 20.6. The molecule has 11 heteroatoms. The summed E-state index contributed by atoms with van der Waals surface area (Å²) < 4.78 is 19.4. The number of aliphatic hydroxyl groups excluding tert-OH is 1. The molecule has 1 spiro atoms. The fourth-order valence-electron chi connectivity index (χ4n) is 8.30. The van der Waals surface area contributed by atoms with Crippen LogP contribution < -0.4 is 14.8 Å².